The average molecular weight is 418 g/mol. The molecule has 0 heterocycles. The van der Waals surface area contributed by atoms with Crippen LogP contribution in [0.15, 0.2) is 42.5 Å². The van der Waals surface area contributed by atoms with Gasteiger partial charge in [-0.2, -0.15) is 5.26 Å². The average Bonchev–Trinajstić information content (AvgIpc) is 3.49. The summed E-state index contributed by atoms with van der Waals surface area (Å²) in [5.41, 5.74) is 5.82. The lowest BCUT2D eigenvalue weighted by molar-refractivity contribution is -0.274. The summed E-state index contributed by atoms with van der Waals surface area (Å²) in [6, 6.07) is 12.0. The van der Waals surface area contributed by atoms with Gasteiger partial charge in [0, 0.05) is 18.3 Å². The number of nitrogens with two attached hydrogens (primary N) is 1. The van der Waals surface area contributed by atoms with E-state index in [-0.39, 0.29) is 12.1 Å². The molecular weight excluding hydrogens is 401 g/mol. The van der Waals surface area contributed by atoms with Crippen LogP contribution in [0.2, 0.25) is 0 Å². The Labute approximate surface area is 169 Å². The summed E-state index contributed by atoms with van der Waals surface area (Å²) >= 11 is 0. The Morgan fingerprint density at radius 1 is 1.17 bits per heavy atom. The van der Waals surface area contributed by atoms with Gasteiger partial charge in [0.15, 0.2) is 0 Å². The third-order valence-corrected chi connectivity index (χ3v) is 4.69. The molecule has 2 aromatic carbocycles. The monoisotopic (exact) mass is 418 g/mol. The smallest absolute Gasteiger partial charge is 0.406 e. The topological polar surface area (TPSA) is 117 Å². The number of carbonyl (C=O) groups is 2. The molecule has 0 spiro atoms. The highest BCUT2D eigenvalue weighted by Crippen LogP contribution is 2.45. The molecule has 0 radical (unpaired) electrons. The van der Waals surface area contributed by atoms with Gasteiger partial charge in [0.1, 0.15) is 17.2 Å². The van der Waals surface area contributed by atoms with Crippen molar-refractivity contribution in [3.63, 3.8) is 0 Å². The zero-order chi connectivity index (χ0) is 21.9. The van der Waals surface area contributed by atoms with Gasteiger partial charge in [0.05, 0.1) is 11.3 Å². The zero-order valence-electron chi connectivity index (χ0n) is 15.5. The lowest BCUT2D eigenvalue weighted by Gasteiger charge is -2.13. The van der Waals surface area contributed by atoms with E-state index in [4.69, 9.17) is 5.73 Å². The number of benzene rings is 2. The third-order valence-electron chi connectivity index (χ3n) is 4.69. The number of halogens is 3. The maximum absolute atomic E-state index is 12.3. The van der Waals surface area contributed by atoms with Crippen LogP contribution in [-0.2, 0) is 16.1 Å². The molecule has 10 heteroatoms. The fraction of sp³-hybridized carbons (Fsp3) is 0.250. The van der Waals surface area contributed by atoms with Crippen molar-refractivity contribution in [3.8, 4) is 11.8 Å². The summed E-state index contributed by atoms with van der Waals surface area (Å²) in [4.78, 5) is 23.5. The van der Waals surface area contributed by atoms with Crippen molar-refractivity contribution in [2.75, 3.05) is 5.32 Å². The van der Waals surface area contributed by atoms with Gasteiger partial charge in [-0.15, -0.1) is 13.2 Å². The molecule has 0 aromatic heterocycles. The van der Waals surface area contributed by atoms with E-state index in [1.165, 1.54) is 6.07 Å². The Hall–Kier alpha value is -3.74. The molecule has 4 N–H and O–H groups in total. The number of rotatable bonds is 7. The van der Waals surface area contributed by atoms with Gasteiger partial charge in [-0.3, -0.25) is 9.59 Å². The van der Waals surface area contributed by atoms with Crippen LogP contribution in [-0.4, -0.2) is 18.2 Å². The molecule has 1 saturated carbocycles. The minimum atomic E-state index is -4.84. The van der Waals surface area contributed by atoms with E-state index in [0.717, 1.165) is 17.7 Å². The molecule has 3 rings (SSSR count). The van der Waals surface area contributed by atoms with Crippen LogP contribution in [0.3, 0.4) is 0 Å². The zero-order valence-corrected chi connectivity index (χ0v) is 15.5. The second-order valence-corrected chi connectivity index (χ2v) is 6.82. The van der Waals surface area contributed by atoms with E-state index in [9.17, 15) is 28.0 Å². The number of nitriles is 1. The van der Waals surface area contributed by atoms with Crippen LogP contribution in [0.1, 0.15) is 24.0 Å². The minimum absolute atomic E-state index is 0.0192. The van der Waals surface area contributed by atoms with Gasteiger partial charge in [-0.05, 0) is 42.7 Å². The molecule has 0 unspecified atom stereocenters. The summed E-state index contributed by atoms with van der Waals surface area (Å²) in [6.07, 6.45) is -3.94. The number of hydrogen-bond donors (Lipinski definition) is 3. The van der Waals surface area contributed by atoms with Crippen molar-refractivity contribution in [2.45, 2.75) is 25.7 Å². The molecule has 0 saturated heterocycles. The second-order valence-electron chi connectivity index (χ2n) is 6.82. The Morgan fingerprint density at radius 3 is 2.37 bits per heavy atom. The Kier molecular flexibility index (Phi) is 5.56. The summed E-state index contributed by atoms with van der Waals surface area (Å²) in [6.45, 7) is 0.209. The molecule has 156 valence electrons. The van der Waals surface area contributed by atoms with Crippen molar-refractivity contribution in [2.24, 2.45) is 11.1 Å². The number of nitrogens with zero attached hydrogens (tertiary/aromatic N) is 1. The first-order chi connectivity index (χ1) is 14.1. The van der Waals surface area contributed by atoms with E-state index in [1.54, 1.807) is 24.3 Å². The SMILES string of the molecule is N#Cc1cc(OC(F)(F)F)ccc1Nc1ccc(CNC(=O)C2(C(N)=O)CC2)cc1. The second kappa shape index (κ2) is 7.94. The van der Waals surface area contributed by atoms with Gasteiger partial charge in [0.2, 0.25) is 11.8 Å². The van der Waals surface area contributed by atoms with Gasteiger partial charge in [0.25, 0.3) is 0 Å². The van der Waals surface area contributed by atoms with Crippen molar-refractivity contribution < 1.29 is 27.5 Å². The van der Waals surface area contributed by atoms with Crippen molar-refractivity contribution in [3.05, 3.63) is 53.6 Å². The highest BCUT2D eigenvalue weighted by molar-refractivity contribution is 6.07. The fourth-order valence-corrected chi connectivity index (χ4v) is 2.85. The summed E-state index contributed by atoms with van der Waals surface area (Å²) in [7, 11) is 0. The van der Waals surface area contributed by atoms with E-state index >= 15 is 0 Å². The first-order valence-electron chi connectivity index (χ1n) is 8.87. The van der Waals surface area contributed by atoms with Crippen LogP contribution in [0.5, 0.6) is 5.75 Å². The number of ether oxygens (including phenoxy) is 1. The first kappa shape index (κ1) is 21.0. The van der Waals surface area contributed by atoms with Crippen LogP contribution >= 0.6 is 0 Å². The number of nitrogens with one attached hydrogen (secondary N) is 2. The molecule has 0 aliphatic heterocycles. The standard InChI is InChI=1S/C20H17F3N4O3/c21-20(22,23)30-15-5-6-16(13(9-15)10-24)27-14-3-1-12(2-4-14)11-26-18(29)19(7-8-19)17(25)28/h1-6,9,27H,7-8,11H2,(H2,25,28)(H,26,29). The van der Waals surface area contributed by atoms with Crippen LogP contribution in [0, 0.1) is 16.7 Å². The molecule has 1 aliphatic carbocycles. The van der Waals surface area contributed by atoms with Gasteiger partial charge in [-0.25, -0.2) is 0 Å². The van der Waals surface area contributed by atoms with E-state index in [0.29, 0.717) is 24.2 Å². The molecule has 0 atom stereocenters. The molecule has 30 heavy (non-hydrogen) atoms. The quantitative estimate of drug-likeness (QED) is 0.598. The minimum Gasteiger partial charge on any atom is -0.406 e. The van der Waals surface area contributed by atoms with Crippen LogP contribution < -0.4 is 21.1 Å². The predicted molar refractivity (Wildman–Crippen MR) is 100 cm³/mol. The molecule has 2 aromatic rings. The van der Waals surface area contributed by atoms with Crippen LogP contribution in [0.25, 0.3) is 0 Å². The predicted octanol–water partition coefficient (Wildman–Crippen LogP) is 3.08. The molecule has 1 aliphatic rings. The van der Waals surface area contributed by atoms with Gasteiger partial charge >= 0.3 is 6.36 Å². The Balaban J connectivity index is 1.62. The maximum Gasteiger partial charge on any atom is 0.573 e. The summed E-state index contributed by atoms with van der Waals surface area (Å²) in [5.74, 6) is -1.50. The highest BCUT2D eigenvalue weighted by Gasteiger charge is 2.55. The number of anilines is 2. The van der Waals surface area contributed by atoms with Crippen molar-refractivity contribution in [1.29, 1.82) is 5.26 Å². The number of carbonyl (C=O) groups excluding carboxylic acids is 2. The Bertz CT molecular complexity index is 1010. The van der Waals surface area contributed by atoms with E-state index in [1.807, 2.05) is 6.07 Å². The number of hydrogen-bond acceptors (Lipinski definition) is 5. The Morgan fingerprint density at radius 2 is 1.83 bits per heavy atom. The van der Waals surface area contributed by atoms with Crippen LogP contribution in [0.4, 0.5) is 24.5 Å². The van der Waals surface area contributed by atoms with Gasteiger partial charge in [-0.1, -0.05) is 12.1 Å². The molecule has 7 nitrogen and oxygen atoms in total. The lowest BCUT2D eigenvalue weighted by Crippen LogP contribution is -2.40. The van der Waals surface area contributed by atoms with Gasteiger partial charge < -0.3 is 21.1 Å². The van der Waals surface area contributed by atoms with E-state index < -0.39 is 29.3 Å². The highest BCUT2D eigenvalue weighted by atomic mass is 19.4. The van der Waals surface area contributed by atoms with E-state index in [2.05, 4.69) is 15.4 Å². The number of amides is 2. The first-order valence-corrected chi connectivity index (χ1v) is 8.87. The fourth-order valence-electron chi connectivity index (χ4n) is 2.85. The number of primary amides is 1. The maximum atomic E-state index is 12.3. The normalized spacial score (nSPS) is 14.3. The lowest BCUT2D eigenvalue weighted by atomic mass is 10.1. The van der Waals surface area contributed by atoms with Crippen molar-refractivity contribution >= 4 is 23.2 Å². The third kappa shape index (κ3) is 4.81. The van der Waals surface area contributed by atoms with Crippen molar-refractivity contribution in [1.82, 2.24) is 5.32 Å². The summed E-state index contributed by atoms with van der Waals surface area (Å²) < 4.78 is 40.8. The molecule has 0 bridgehead atoms. The molecule has 1 fully saturated rings. The largest absolute Gasteiger partial charge is 0.573 e. The number of alkyl halides is 3. The molecule has 2 amide bonds. The summed E-state index contributed by atoms with van der Waals surface area (Å²) in [5, 5.41) is 14.8. The molecular formula is C20H17F3N4O3.